The van der Waals surface area contributed by atoms with Gasteiger partial charge in [0.2, 0.25) is 0 Å². The number of hydrogen-bond donors (Lipinski definition) is 0. The molecule has 2 atom stereocenters. The molecule has 0 saturated carbocycles. The molecule has 0 fully saturated rings. The standard InChI is InChI=1S/C9H14N2S/c1-11(2)8-6-12-9-7(8)4-3-5-10-9/h5-7,9H,3-4H2,1-2H3. The van der Waals surface area contributed by atoms with Crippen LogP contribution in [-0.2, 0) is 0 Å². The molecule has 66 valence electrons. The van der Waals surface area contributed by atoms with Crippen molar-refractivity contribution in [3.63, 3.8) is 0 Å². The minimum Gasteiger partial charge on any atom is -0.380 e. The lowest BCUT2D eigenvalue weighted by Gasteiger charge is -2.25. The summed E-state index contributed by atoms with van der Waals surface area (Å²) in [5, 5.41) is 2.74. The lowest BCUT2D eigenvalue weighted by Crippen LogP contribution is -2.24. The predicted molar refractivity (Wildman–Crippen MR) is 54.4 cm³/mol. The number of thioether (sulfide) groups is 1. The summed E-state index contributed by atoms with van der Waals surface area (Å²) in [6.07, 6.45) is 4.48. The molecule has 0 saturated heterocycles. The van der Waals surface area contributed by atoms with Crippen LogP contribution in [0.4, 0.5) is 0 Å². The Morgan fingerprint density at radius 1 is 1.58 bits per heavy atom. The average molecular weight is 182 g/mol. The fraction of sp³-hybridized carbons (Fsp3) is 0.667. The Morgan fingerprint density at radius 2 is 2.42 bits per heavy atom. The summed E-state index contributed by atoms with van der Waals surface area (Å²) >= 11 is 1.86. The van der Waals surface area contributed by atoms with E-state index < -0.39 is 0 Å². The van der Waals surface area contributed by atoms with E-state index in [1.54, 1.807) is 0 Å². The van der Waals surface area contributed by atoms with E-state index in [9.17, 15) is 0 Å². The zero-order valence-corrected chi connectivity index (χ0v) is 8.34. The first-order valence-corrected chi connectivity index (χ1v) is 5.28. The van der Waals surface area contributed by atoms with Gasteiger partial charge in [-0.3, -0.25) is 4.99 Å². The Hall–Kier alpha value is -0.440. The van der Waals surface area contributed by atoms with Crippen molar-refractivity contribution in [1.29, 1.82) is 0 Å². The molecule has 0 spiro atoms. The van der Waals surface area contributed by atoms with E-state index >= 15 is 0 Å². The SMILES string of the molecule is CN(C)C1=CSC2N=CCCC12. The maximum absolute atomic E-state index is 4.48. The summed E-state index contributed by atoms with van der Waals surface area (Å²) in [4.78, 5) is 6.70. The van der Waals surface area contributed by atoms with Crippen molar-refractivity contribution in [1.82, 2.24) is 4.90 Å². The van der Waals surface area contributed by atoms with E-state index in [0.29, 0.717) is 11.3 Å². The van der Waals surface area contributed by atoms with E-state index in [2.05, 4.69) is 35.6 Å². The molecule has 2 aliphatic heterocycles. The van der Waals surface area contributed by atoms with Crippen LogP contribution in [-0.4, -0.2) is 30.6 Å². The van der Waals surface area contributed by atoms with Crippen molar-refractivity contribution in [2.45, 2.75) is 18.2 Å². The molecule has 0 radical (unpaired) electrons. The van der Waals surface area contributed by atoms with Crippen molar-refractivity contribution in [2.24, 2.45) is 10.9 Å². The smallest absolute Gasteiger partial charge is 0.107 e. The van der Waals surface area contributed by atoms with Crippen molar-refractivity contribution >= 4 is 18.0 Å². The van der Waals surface area contributed by atoms with Gasteiger partial charge in [0.1, 0.15) is 5.37 Å². The van der Waals surface area contributed by atoms with Crippen molar-refractivity contribution in [3.8, 4) is 0 Å². The minimum absolute atomic E-state index is 0.483. The van der Waals surface area contributed by atoms with E-state index in [4.69, 9.17) is 0 Å². The van der Waals surface area contributed by atoms with Crippen LogP contribution in [0.1, 0.15) is 12.8 Å². The molecule has 3 heteroatoms. The Bertz CT molecular complexity index is 233. The summed E-state index contributed by atoms with van der Waals surface area (Å²) in [6, 6.07) is 0. The highest BCUT2D eigenvalue weighted by molar-refractivity contribution is 8.03. The van der Waals surface area contributed by atoms with Crippen LogP contribution in [0.5, 0.6) is 0 Å². The molecule has 0 aromatic carbocycles. The maximum atomic E-state index is 4.48. The fourth-order valence-electron chi connectivity index (χ4n) is 1.77. The normalized spacial score (nSPS) is 33.0. The monoisotopic (exact) mass is 182 g/mol. The highest BCUT2D eigenvalue weighted by Crippen LogP contribution is 2.41. The lowest BCUT2D eigenvalue weighted by molar-refractivity contribution is 0.399. The fourth-order valence-corrected chi connectivity index (χ4v) is 3.05. The van der Waals surface area contributed by atoms with Gasteiger partial charge in [-0.05, 0) is 18.2 Å². The van der Waals surface area contributed by atoms with Gasteiger partial charge < -0.3 is 4.90 Å². The van der Waals surface area contributed by atoms with E-state index in [-0.39, 0.29) is 0 Å². The first-order valence-electron chi connectivity index (χ1n) is 4.33. The summed E-state index contributed by atoms with van der Waals surface area (Å²) < 4.78 is 0. The number of rotatable bonds is 1. The van der Waals surface area contributed by atoms with Crippen LogP contribution < -0.4 is 0 Å². The van der Waals surface area contributed by atoms with Crippen molar-refractivity contribution in [3.05, 3.63) is 11.1 Å². The predicted octanol–water partition coefficient (Wildman–Crippen LogP) is 1.94. The Morgan fingerprint density at radius 3 is 3.17 bits per heavy atom. The highest BCUT2D eigenvalue weighted by atomic mass is 32.2. The van der Waals surface area contributed by atoms with Gasteiger partial charge >= 0.3 is 0 Å². The molecule has 0 aromatic rings. The van der Waals surface area contributed by atoms with E-state index in [0.717, 1.165) is 6.42 Å². The Labute approximate surface area is 77.7 Å². The first kappa shape index (κ1) is 8.17. The van der Waals surface area contributed by atoms with Crippen LogP contribution in [0.15, 0.2) is 16.1 Å². The molecule has 2 unspecified atom stereocenters. The second kappa shape index (κ2) is 3.13. The summed E-state index contributed by atoms with van der Waals surface area (Å²) in [7, 11) is 4.24. The van der Waals surface area contributed by atoms with Crippen LogP contribution in [0.3, 0.4) is 0 Å². The van der Waals surface area contributed by atoms with E-state index in [1.165, 1.54) is 12.1 Å². The maximum Gasteiger partial charge on any atom is 0.107 e. The Balaban J connectivity index is 2.15. The summed E-state index contributed by atoms with van der Waals surface area (Å²) in [5.74, 6) is 0.676. The van der Waals surface area contributed by atoms with Gasteiger partial charge in [-0.2, -0.15) is 0 Å². The van der Waals surface area contributed by atoms with Gasteiger partial charge in [-0.15, -0.1) is 11.8 Å². The van der Waals surface area contributed by atoms with Crippen LogP contribution in [0.2, 0.25) is 0 Å². The molecule has 0 aliphatic carbocycles. The number of hydrogen-bond acceptors (Lipinski definition) is 3. The van der Waals surface area contributed by atoms with Gasteiger partial charge in [0.15, 0.2) is 0 Å². The molecule has 2 aliphatic rings. The molecule has 0 aromatic heterocycles. The largest absolute Gasteiger partial charge is 0.380 e. The third-order valence-electron chi connectivity index (χ3n) is 2.43. The van der Waals surface area contributed by atoms with Crippen LogP contribution in [0.25, 0.3) is 0 Å². The molecule has 12 heavy (non-hydrogen) atoms. The van der Waals surface area contributed by atoms with Crippen molar-refractivity contribution < 1.29 is 0 Å². The second-order valence-corrected chi connectivity index (χ2v) is 4.47. The number of fused-ring (bicyclic) bond motifs is 1. The van der Waals surface area contributed by atoms with Gasteiger partial charge in [0.05, 0.1) is 0 Å². The second-order valence-electron chi connectivity index (χ2n) is 3.48. The van der Waals surface area contributed by atoms with Gasteiger partial charge in [0, 0.05) is 31.9 Å². The number of nitrogens with zero attached hydrogens (tertiary/aromatic N) is 2. The topological polar surface area (TPSA) is 15.6 Å². The lowest BCUT2D eigenvalue weighted by atomic mass is 9.98. The third kappa shape index (κ3) is 1.26. The molecular weight excluding hydrogens is 168 g/mol. The zero-order valence-electron chi connectivity index (χ0n) is 7.53. The molecule has 0 N–H and O–H groups in total. The molecular formula is C9H14N2S. The minimum atomic E-state index is 0.483. The average Bonchev–Trinajstić information content (AvgIpc) is 2.47. The third-order valence-corrected chi connectivity index (χ3v) is 3.53. The summed E-state index contributed by atoms with van der Waals surface area (Å²) in [6.45, 7) is 0. The first-order chi connectivity index (χ1) is 5.79. The molecule has 2 heterocycles. The van der Waals surface area contributed by atoms with Crippen LogP contribution >= 0.6 is 11.8 Å². The van der Waals surface area contributed by atoms with E-state index in [1.807, 2.05) is 11.8 Å². The highest BCUT2D eigenvalue weighted by Gasteiger charge is 2.32. The quantitative estimate of drug-likeness (QED) is 0.616. The summed E-state index contributed by atoms with van der Waals surface area (Å²) in [5.41, 5.74) is 1.46. The van der Waals surface area contributed by atoms with Gasteiger partial charge in [-0.1, -0.05) is 0 Å². The zero-order chi connectivity index (χ0) is 8.55. The molecule has 0 amide bonds. The molecule has 2 rings (SSSR count). The number of aliphatic imine (C=N–C) groups is 1. The van der Waals surface area contributed by atoms with Gasteiger partial charge in [0.25, 0.3) is 0 Å². The Kier molecular flexibility index (Phi) is 2.13. The molecule has 0 bridgehead atoms. The van der Waals surface area contributed by atoms with Crippen LogP contribution in [0, 0.1) is 5.92 Å². The van der Waals surface area contributed by atoms with Gasteiger partial charge in [-0.25, -0.2) is 0 Å². The van der Waals surface area contributed by atoms with Crippen molar-refractivity contribution in [2.75, 3.05) is 14.1 Å². The molecule has 2 nitrogen and oxygen atoms in total.